The molecule has 0 saturated carbocycles. The van der Waals surface area contributed by atoms with Gasteiger partial charge in [-0.25, -0.2) is 0 Å². The van der Waals surface area contributed by atoms with E-state index in [9.17, 15) is 4.79 Å². The van der Waals surface area contributed by atoms with Gasteiger partial charge in [-0.2, -0.15) is 0 Å². The minimum absolute atomic E-state index is 0.00621. The molecule has 0 heterocycles. The van der Waals surface area contributed by atoms with Crippen LogP contribution in [0.1, 0.15) is 5.56 Å². The number of hydrogen-bond donors (Lipinski definition) is 0. The lowest BCUT2D eigenvalue weighted by Crippen LogP contribution is -2.32. The monoisotopic (exact) mass is 256 g/mol. The first kappa shape index (κ1) is 14.3. The summed E-state index contributed by atoms with van der Waals surface area (Å²) in [5.41, 5.74) is 1.67. The van der Waals surface area contributed by atoms with Gasteiger partial charge >= 0.3 is 0 Å². The van der Waals surface area contributed by atoms with Crippen molar-refractivity contribution in [2.45, 2.75) is 6.92 Å². The van der Waals surface area contributed by atoms with Gasteiger partial charge in [-0.15, -0.1) is 0 Å². The largest absolute Gasteiger partial charge is 0.378 e. The van der Waals surface area contributed by atoms with Gasteiger partial charge in [-0.3, -0.25) is 4.79 Å². The van der Waals surface area contributed by atoms with Crippen molar-refractivity contribution in [2.24, 2.45) is 0 Å². The zero-order valence-electron chi connectivity index (χ0n) is 10.9. The molecule has 0 aliphatic rings. The Labute approximate surface area is 107 Å². The summed E-state index contributed by atoms with van der Waals surface area (Å²) in [7, 11) is 5.92. The van der Waals surface area contributed by atoms with Crippen LogP contribution in [0.5, 0.6) is 0 Å². The molecule has 96 valence electrons. The van der Waals surface area contributed by atoms with Crippen LogP contribution in [0.25, 0.3) is 0 Å². The predicted octanol–water partition coefficient (Wildman–Crippen LogP) is 0.975. The molecule has 0 atom stereocenters. The molecule has 0 N–H and O–H groups in total. The van der Waals surface area contributed by atoms with Crippen LogP contribution < -0.4 is 10.3 Å². The number of likely N-dealkylation sites (N-methyl/N-ethyl adjacent to an activating group) is 2. The van der Waals surface area contributed by atoms with E-state index >= 15 is 0 Å². The maximum absolute atomic E-state index is 11.5. The molecule has 0 aliphatic carbocycles. The minimum atomic E-state index is -0.00621. The average molecular weight is 256 g/mol. The number of anilines is 1. The molecule has 5 heteroatoms. The fourth-order valence-electron chi connectivity index (χ4n) is 1.62. The molecule has 0 bridgehead atoms. The first-order valence-corrected chi connectivity index (χ1v) is 6.09. The van der Waals surface area contributed by atoms with Crippen molar-refractivity contribution in [2.75, 3.05) is 52.3 Å². The first-order chi connectivity index (χ1) is 7.95. The SMILES string of the molecule is Cc1c(N(C)CCOCCN(C)C)c(=O)c1=S. The van der Waals surface area contributed by atoms with Gasteiger partial charge in [0.05, 0.1) is 23.4 Å². The highest BCUT2D eigenvalue weighted by atomic mass is 32.1. The van der Waals surface area contributed by atoms with Crippen LogP contribution >= 0.6 is 12.2 Å². The number of rotatable bonds is 7. The van der Waals surface area contributed by atoms with Gasteiger partial charge in [-0.05, 0) is 26.6 Å². The topological polar surface area (TPSA) is 32.8 Å². The molecule has 0 aliphatic heterocycles. The molecule has 0 spiro atoms. The summed E-state index contributed by atoms with van der Waals surface area (Å²) in [6.07, 6.45) is 0. The third kappa shape index (κ3) is 3.59. The van der Waals surface area contributed by atoms with E-state index in [2.05, 4.69) is 4.90 Å². The second-order valence-corrected chi connectivity index (χ2v) is 4.88. The first-order valence-electron chi connectivity index (χ1n) is 5.68. The molecule has 1 rings (SSSR count). The Kier molecular flexibility index (Phi) is 5.24. The van der Waals surface area contributed by atoms with Crippen LogP contribution in [0.4, 0.5) is 5.69 Å². The van der Waals surface area contributed by atoms with Crippen molar-refractivity contribution in [1.29, 1.82) is 0 Å². The molecule has 1 aromatic rings. The van der Waals surface area contributed by atoms with E-state index < -0.39 is 0 Å². The lowest BCUT2D eigenvalue weighted by atomic mass is 10.1. The van der Waals surface area contributed by atoms with Crippen molar-refractivity contribution >= 4 is 17.9 Å². The van der Waals surface area contributed by atoms with E-state index in [4.69, 9.17) is 17.0 Å². The fourth-order valence-corrected chi connectivity index (χ4v) is 1.81. The van der Waals surface area contributed by atoms with E-state index in [0.717, 1.165) is 17.8 Å². The van der Waals surface area contributed by atoms with Crippen LogP contribution in [-0.2, 0) is 4.74 Å². The molecule has 0 aromatic heterocycles. The average Bonchev–Trinajstić information content (AvgIpc) is 2.28. The summed E-state index contributed by atoms with van der Waals surface area (Å²) in [6.45, 7) is 4.86. The molecular formula is C12H20N2O2S. The van der Waals surface area contributed by atoms with E-state index in [-0.39, 0.29) is 5.43 Å². The Morgan fingerprint density at radius 1 is 1.18 bits per heavy atom. The van der Waals surface area contributed by atoms with Gasteiger partial charge in [-0.1, -0.05) is 12.2 Å². The number of ether oxygens (including phenoxy) is 1. The molecule has 17 heavy (non-hydrogen) atoms. The highest BCUT2D eigenvalue weighted by molar-refractivity contribution is 7.71. The van der Waals surface area contributed by atoms with Gasteiger partial charge in [0, 0.05) is 20.1 Å². The number of nitrogens with zero attached hydrogens (tertiary/aromatic N) is 2. The van der Waals surface area contributed by atoms with Gasteiger partial charge < -0.3 is 14.5 Å². The van der Waals surface area contributed by atoms with E-state index in [1.165, 1.54) is 0 Å². The fraction of sp³-hybridized carbons (Fsp3) is 0.667. The van der Waals surface area contributed by atoms with Gasteiger partial charge in [0.2, 0.25) is 5.43 Å². The molecule has 0 radical (unpaired) electrons. The summed E-state index contributed by atoms with van der Waals surface area (Å²) in [4.78, 5) is 15.5. The quantitative estimate of drug-likeness (QED) is 0.536. The van der Waals surface area contributed by atoms with Crippen LogP contribution in [0.3, 0.4) is 0 Å². The van der Waals surface area contributed by atoms with Crippen LogP contribution in [-0.4, -0.2) is 52.3 Å². The van der Waals surface area contributed by atoms with E-state index in [0.29, 0.717) is 24.3 Å². The maximum Gasteiger partial charge on any atom is 0.220 e. The Bertz CT molecular complexity index is 436. The summed E-state index contributed by atoms with van der Waals surface area (Å²) in [5.74, 6) is 0. The molecule has 0 fully saturated rings. The molecular weight excluding hydrogens is 236 g/mol. The summed E-state index contributed by atoms with van der Waals surface area (Å²) < 4.78 is 5.95. The van der Waals surface area contributed by atoms with Crippen molar-refractivity contribution in [3.8, 4) is 0 Å². The third-order valence-electron chi connectivity index (χ3n) is 2.75. The highest BCUT2D eigenvalue weighted by Gasteiger charge is 2.16. The minimum Gasteiger partial charge on any atom is -0.378 e. The lowest BCUT2D eigenvalue weighted by Gasteiger charge is -2.22. The standard InChI is InChI=1S/C12H20N2O2S/c1-9-10(11(15)12(9)17)14(4)6-8-16-7-5-13(2)3/h5-8H2,1-4H3. The van der Waals surface area contributed by atoms with E-state index in [1.54, 1.807) is 0 Å². The lowest BCUT2D eigenvalue weighted by molar-refractivity contribution is 0.123. The maximum atomic E-state index is 11.5. The molecule has 0 amide bonds. The summed E-state index contributed by atoms with van der Waals surface area (Å²) >= 11 is 4.94. The third-order valence-corrected chi connectivity index (χ3v) is 3.24. The Balaban J connectivity index is 2.29. The second kappa shape index (κ2) is 6.23. The van der Waals surface area contributed by atoms with Crippen molar-refractivity contribution < 1.29 is 4.74 Å². The van der Waals surface area contributed by atoms with Crippen molar-refractivity contribution in [3.05, 3.63) is 20.3 Å². The molecule has 0 saturated heterocycles. The van der Waals surface area contributed by atoms with Crippen molar-refractivity contribution in [3.63, 3.8) is 0 Å². The Morgan fingerprint density at radius 3 is 2.29 bits per heavy atom. The van der Waals surface area contributed by atoms with Crippen LogP contribution in [0, 0.1) is 11.4 Å². The smallest absolute Gasteiger partial charge is 0.220 e. The normalized spacial score (nSPS) is 11.4. The van der Waals surface area contributed by atoms with Crippen LogP contribution in [0.2, 0.25) is 0 Å². The molecule has 4 nitrogen and oxygen atoms in total. The summed E-state index contributed by atoms with van der Waals surface area (Å²) in [5, 5.41) is 0. The van der Waals surface area contributed by atoms with E-state index in [1.807, 2.05) is 33.0 Å². The summed E-state index contributed by atoms with van der Waals surface area (Å²) in [6, 6.07) is 0. The Morgan fingerprint density at radius 2 is 1.76 bits per heavy atom. The Hall–Kier alpha value is -0.780. The highest BCUT2D eigenvalue weighted by Crippen LogP contribution is 2.17. The predicted molar refractivity (Wildman–Crippen MR) is 73.3 cm³/mol. The second-order valence-electron chi connectivity index (χ2n) is 4.47. The van der Waals surface area contributed by atoms with Gasteiger partial charge in [0.15, 0.2) is 0 Å². The molecule has 0 unspecified atom stereocenters. The van der Waals surface area contributed by atoms with Crippen LogP contribution in [0.15, 0.2) is 4.79 Å². The zero-order chi connectivity index (χ0) is 13.0. The molecule has 1 aromatic carbocycles. The van der Waals surface area contributed by atoms with Crippen molar-refractivity contribution in [1.82, 2.24) is 4.90 Å². The zero-order valence-corrected chi connectivity index (χ0v) is 11.8. The van der Waals surface area contributed by atoms with Gasteiger partial charge in [0.1, 0.15) is 0 Å². The number of hydrogen-bond acceptors (Lipinski definition) is 5. The van der Waals surface area contributed by atoms with Gasteiger partial charge in [0.25, 0.3) is 0 Å².